The van der Waals surface area contributed by atoms with Gasteiger partial charge in [0.05, 0.1) is 25.2 Å². The summed E-state index contributed by atoms with van der Waals surface area (Å²) in [6, 6.07) is 9.69. The molecular formula is C20H22N4O3S. The fourth-order valence-corrected chi connectivity index (χ4v) is 4.45. The zero-order valence-electron chi connectivity index (χ0n) is 15.6. The Labute approximate surface area is 167 Å². The van der Waals surface area contributed by atoms with Crippen LogP contribution in [0.1, 0.15) is 15.6 Å². The van der Waals surface area contributed by atoms with Crippen LogP contribution in [0.2, 0.25) is 0 Å². The van der Waals surface area contributed by atoms with Crippen molar-refractivity contribution in [3.8, 4) is 0 Å². The molecule has 0 aliphatic carbocycles. The van der Waals surface area contributed by atoms with Crippen molar-refractivity contribution in [2.75, 3.05) is 26.3 Å². The Balaban J connectivity index is 1.41. The van der Waals surface area contributed by atoms with Gasteiger partial charge >= 0.3 is 0 Å². The van der Waals surface area contributed by atoms with Gasteiger partial charge in [-0.3, -0.25) is 9.59 Å². The first kappa shape index (κ1) is 18.8. The second-order valence-electron chi connectivity index (χ2n) is 7.23. The van der Waals surface area contributed by atoms with Gasteiger partial charge in [-0.25, -0.2) is 0 Å². The van der Waals surface area contributed by atoms with Crippen molar-refractivity contribution >= 4 is 29.2 Å². The fourth-order valence-electron chi connectivity index (χ4n) is 3.80. The number of carbonyl (C=O) groups is 2. The summed E-state index contributed by atoms with van der Waals surface area (Å²) in [5.74, 6) is -0.145. The van der Waals surface area contributed by atoms with Gasteiger partial charge in [-0.15, -0.1) is 10.2 Å². The smallest absolute Gasteiger partial charge is 0.246 e. The average Bonchev–Trinajstić information content (AvgIpc) is 3.39. The summed E-state index contributed by atoms with van der Waals surface area (Å²) in [5.41, 5.74) is 0.286. The van der Waals surface area contributed by atoms with Gasteiger partial charge in [0.2, 0.25) is 11.8 Å². The molecule has 1 aromatic carbocycles. The van der Waals surface area contributed by atoms with Gasteiger partial charge in [0.25, 0.3) is 0 Å². The molecule has 2 atom stereocenters. The number of likely N-dealkylation sites (tertiary alicyclic amines) is 1. The minimum atomic E-state index is -0.685. The quantitative estimate of drug-likeness (QED) is 0.775. The number of benzene rings is 1. The van der Waals surface area contributed by atoms with Gasteiger partial charge in [0, 0.05) is 25.1 Å². The number of hydrogen-bond acceptors (Lipinski definition) is 6. The average molecular weight is 398 g/mol. The molecule has 1 aromatic heterocycles. The minimum Gasteiger partial charge on any atom is -0.380 e. The maximum atomic E-state index is 13.0. The van der Waals surface area contributed by atoms with Crippen molar-refractivity contribution in [1.82, 2.24) is 20.4 Å². The van der Waals surface area contributed by atoms with Crippen LogP contribution in [0.25, 0.3) is 6.08 Å². The van der Waals surface area contributed by atoms with Gasteiger partial charge in [0.1, 0.15) is 10.0 Å². The molecule has 2 amide bonds. The van der Waals surface area contributed by atoms with Crippen LogP contribution in [-0.4, -0.2) is 53.2 Å². The van der Waals surface area contributed by atoms with E-state index >= 15 is 0 Å². The number of nitrogens with zero attached hydrogens (tertiary/aromatic N) is 3. The molecular weight excluding hydrogens is 376 g/mol. The number of hydrogen-bond donors (Lipinski definition) is 1. The van der Waals surface area contributed by atoms with E-state index in [2.05, 4.69) is 15.5 Å². The molecule has 2 aliphatic heterocycles. The Morgan fingerprint density at radius 2 is 2.18 bits per heavy atom. The van der Waals surface area contributed by atoms with Crippen LogP contribution in [0.4, 0.5) is 0 Å². The van der Waals surface area contributed by atoms with Crippen LogP contribution in [0.3, 0.4) is 0 Å². The van der Waals surface area contributed by atoms with E-state index < -0.39 is 5.41 Å². The standard InChI is InChI=1S/C20H22N4O3S/c1-14-22-23-17(28-14)9-21-19(26)20-12-24(10-16(20)11-27-13-20)18(25)8-7-15-5-3-2-4-6-15/h2-8,16H,9-13H2,1H3,(H,21,26)/b8-7+/t16-,20-/m0/s1. The SMILES string of the molecule is Cc1nnc(CNC(=O)[C@@]23COC[C@@H]2CN(C(=O)/C=C/c2ccccc2)C3)s1. The van der Waals surface area contributed by atoms with Gasteiger partial charge in [-0.05, 0) is 18.6 Å². The first-order valence-electron chi connectivity index (χ1n) is 9.24. The van der Waals surface area contributed by atoms with Crippen molar-refractivity contribution in [2.45, 2.75) is 13.5 Å². The Morgan fingerprint density at radius 3 is 2.93 bits per heavy atom. The first-order chi connectivity index (χ1) is 13.6. The molecule has 0 spiro atoms. The summed E-state index contributed by atoms with van der Waals surface area (Å²) in [6.07, 6.45) is 3.38. The first-order valence-corrected chi connectivity index (χ1v) is 10.1. The molecule has 1 N–H and O–H groups in total. The third kappa shape index (κ3) is 3.70. The summed E-state index contributed by atoms with van der Waals surface area (Å²) >= 11 is 1.46. The Morgan fingerprint density at radius 1 is 1.36 bits per heavy atom. The Hall–Kier alpha value is -2.58. The molecule has 146 valence electrons. The van der Waals surface area contributed by atoms with E-state index in [0.29, 0.717) is 32.8 Å². The molecule has 3 heterocycles. The summed E-state index contributed by atoms with van der Waals surface area (Å²) < 4.78 is 5.61. The van der Waals surface area contributed by atoms with Crippen LogP contribution in [0, 0.1) is 18.3 Å². The van der Waals surface area contributed by atoms with Crippen LogP contribution >= 0.6 is 11.3 Å². The second-order valence-corrected chi connectivity index (χ2v) is 8.49. The predicted octanol–water partition coefficient (Wildman–Crippen LogP) is 1.65. The molecule has 0 unspecified atom stereocenters. The molecule has 2 fully saturated rings. The summed E-state index contributed by atoms with van der Waals surface area (Å²) in [4.78, 5) is 27.4. The maximum absolute atomic E-state index is 13.0. The van der Waals surface area contributed by atoms with E-state index in [1.54, 1.807) is 17.1 Å². The van der Waals surface area contributed by atoms with Crippen molar-refractivity contribution in [3.63, 3.8) is 0 Å². The second kappa shape index (κ2) is 7.81. The molecule has 0 saturated carbocycles. The molecule has 28 heavy (non-hydrogen) atoms. The van der Waals surface area contributed by atoms with Crippen molar-refractivity contribution in [3.05, 3.63) is 52.0 Å². The molecule has 7 nitrogen and oxygen atoms in total. The molecule has 0 radical (unpaired) electrons. The number of ether oxygens (including phenoxy) is 1. The zero-order valence-corrected chi connectivity index (χ0v) is 16.4. The van der Waals surface area contributed by atoms with E-state index in [9.17, 15) is 9.59 Å². The fraction of sp³-hybridized carbons (Fsp3) is 0.400. The number of rotatable bonds is 5. The highest BCUT2D eigenvalue weighted by molar-refractivity contribution is 7.11. The minimum absolute atomic E-state index is 0.0118. The van der Waals surface area contributed by atoms with E-state index in [0.717, 1.165) is 15.6 Å². The Bertz CT molecular complexity index is 898. The number of amides is 2. The third-order valence-corrected chi connectivity index (χ3v) is 6.16. The molecule has 0 bridgehead atoms. The van der Waals surface area contributed by atoms with E-state index in [4.69, 9.17) is 4.74 Å². The number of aryl methyl sites for hydroxylation is 1. The molecule has 2 aliphatic rings. The zero-order chi connectivity index (χ0) is 19.6. The van der Waals surface area contributed by atoms with Crippen molar-refractivity contribution < 1.29 is 14.3 Å². The number of carbonyl (C=O) groups excluding carboxylic acids is 2. The van der Waals surface area contributed by atoms with E-state index in [1.165, 1.54) is 11.3 Å². The monoisotopic (exact) mass is 398 g/mol. The lowest BCUT2D eigenvalue weighted by molar-refractivity contribution is -0.132. The van der Waals surface area contributed by atoms with Crippen LogP contribution < -0.4 is 5.32 Å². The maximum Gasteiger partial charge on any atom is 0.246 e. The van der Waals surface area contributed by atoms with Gasteiger partial charge in [-0.1, -0.05) is 41.7 Å². The van der Waals surface area contributed by atoms with Gasteiger partial charge in [0.15, 0.2) is 0 Å². The predicted molar refractivity (Wildman–Crippen MR) is 105 cm³/mol. The lowest BCUT2D eigenvalue weighted by Crippen LogP contribution is -2.46. The molecule has 4 rings (SSSR count). The highest BCUT2D eigenvalue weighted by atomic mass is 32.1. The lowest BCUT2D eigenvalue weighted by atomic mass is 9.80. The topological polar surface area (TPSA) is 84.4 Å². The summed E-state index contributed by atoms with van der Waals surface area (Å²) in [6.45, 7) is 3.97. The highest BCUT2D eigenvalue weighted by Crippen LogP contribution is 2.41. The third-order valence-electron chi connectivity index (χ3n) is 5.32. The van der Waals surface area contributed by atoms with E-state index in [1.807, 2.05) is 37.3 Å². The molecule has 8 heteroatoms. The number of aromatic nitrogens is 2. The van der Waals surface area contributed by atoms with Crippen LogP contribution in [0.15, 0.2) is 36.4 Å². The summed E-state index contributed by atoms with van der Waals surface area (Å²) in [7, 11) is 0. The largest absolute Gasteiger partial charge is 0.380 e. The highest BCUT2D eigenvalue weighted by Gasteiger charge is 2.56. The normalized spacial score (nSPS) is 23.9. The Kier molecular flexibility index (Phi) is 5.23. The van der Waals surface area contributed by atoms with E-state index in [-0.39, 0.29) is 17.7 Å². The number of nitrogens with one attached hydrogen (secondary N) is 1. The van der Waals surface area contributed by atoms with Gasteiger partial charge < -0.3 is 15.0 Å². The van der Waals surface area contributed by atoms with Gasteiger partial charge in [-0.2, -0.15) is 0 Å². The molecule has 2 saturated heterocycles. The van der Waals surface area contributed by atoms with Crippen LogP contribution in [-0.2, 0) is 20.9 Å². The number of fused-ring (bicyclic) bond motifs is 1. The van der Waals surface area contributed by atoms with Crippen molar-refractivity contribution in [1.29, 1.82) is 0 Å². The summed E-state index contributed by atoms with van der Waals surface area (Å²) in [5, 5.41) is 12.6. The lowest BCUT2D eigenvalue weighted by Gasteiger charge is -2.25. The molecule has 2 aromatic rings. The van der Waals surface area contributed by atoms with Crippen LogP contribution in [0.5, 0.6) is 0 Å². The van der Waals surface area contributed by atoms with Crippen molar-refractivity contribution in [2.24, 2.45) is 11.3 Å².